The van der Waals surface area contributed by atoms with Gasteiger partial charge in [-0.25, -0.2) is 13.2 Å². The minimum Gasteiger partial charge on any atom is -0.408 e. The van der Waals surface area contributed by atoms with Crippen LogP contribution in [0.4, 0.5) is 0 Å². The van der Waals surface area contributed by atoms with E-state index in [1.165, 1.54) is 15.5 Å². The Hall–Kier alpha value is -1.80. The third-order valence-electron chi connectivity index (χ3n) is 4.23. The topological polar surface area (TPSA) is 89.6 Å². The standard InChI is InChI=1S/C15H17ClN2O5S/c1-2-17(11-5-6-24(21,22)9-11)14(19)8-18-12-4-3-10(16)7-13(12)23-15(18)20/h3-4,7,11H,2,5-6,8-9H2,1H3/t11-/m0/s1. The van der Waals surface area contributed by atoms with Gasteiger partial charge in [-0.15, -0.1) is 0 Å². The summed E-state index contributed by atoms with van der Waals surface area (Å²) in [5.74, 6) is -0.882. The third-order valence-corrected chi connectivity index (χ3v) is 6.22. The molecule has 1 aliphatic heterocycles. The molecule has 130 valence electrons. The molecule has 2 heterocycles. The van der Waals surface area contributed by atoms with Gasteiger partial charge in [-0.3, -0.25) is 9.36 Å². The van der Waals surface area contributed by atoms with Crippen LogP contribution in [0.2, 0.25) is 5.02 Å². The largest absolute Gasteiger partial charge is 0.420 e. The molecule has 0 N–H and O–H groups in total. The van der Waals surface area contributed by atoms with Crippen molar-refractivity contribution in [2.24, 2.45) is 0 Å². The van der Waals surface area contributed by atoms with Gasteiger partial charge >= 0.3 is 5.76 Å². The van der Waals surface area contributed by atoms with Crippen LogP contribution in [0.5, 0.6) is 0 Å². The number of carbonyl (C=O) groups excluding carboxylic acids is 1. The highest BCUT2D eigenvalue weighted by molar-refractivity contribution is 7.91. The minimum absolute atomic E-state index is 0.0246. The van der Waals surface area contributed by atoms with Crippen LogP contribution in [0.25, 0.3) is 11.1 Å². The van der Waals surface area contributed by atoms with Gasteiger partial charge in [-0.1, -0.05) is 11.6 Å². The number of halogens is 1. The summed E-state index contributed by atoms with van der Waals surface area (Å²) in [6.07, 6.45) is 0.429. The van der Waals surface area contributed by atoms with E-state index < -0.39 is 15.6 Å². The van der Waals surface area contributed by atoms with E-state index in [4.69, 9.17) is 16.0 Å². The van der Waals surface area contributed by atoms with Crippen molar-refractivity contribution >= 4 is 38.4 Å². The molecule has 24 heavy (non-hydrogen) atoms. The van der Waals surface area contributed by atoms with Gasteiger partial charge in [0.1, 0.15) is 6.54 Å². The fourth-order valence-corrected chi connectivity index (χ4v) is 4.97. The molecule has 1 aliphatic rings. The molecule has 9 heteroatoms. The van der Waals surface area contributed by atoms with Gasteiger partial charge in [0.15, 0.2) is 15.4 Å². The molecular weight excluding hydrogens is 356 g/mol. The first-order valence-electron chi connectivity index (χ1n) is 7.59. The van der Waals surface area contributed by atoms with E-state index in [9.17, 15) is 18.0 Å². The van der Waals surface area contributed by atoms with E-state index in [0.29, 0.717) is 29.1 Å². The first-order valence-corrected chi connectivity index (χ1v) is 9.79. The van der Waals surface area contributed by atoms with Gasteiger partial charge < -0.3 is 9.32 Å². The predicted octanol–water partition coefficient (Wildman–Crippen LogP) is 1.28. The van der Waals surface area contributed by atoms with Gasteiger partial charge in [0.05, 0.1) is 17.0 Å². The summed E-state index contributed by atoms with van der Waals surface area (Å²) in [5.41, 5.74) is 0.791. The van der Waals surface area contributed by atoms with Crippen molar-refractivity contribution in [3.05, 3.63) is 33.8 Å². The highest BCUT2D eigenvalue weighted by Crippen LogP contribution is 2.20. The molecule has 0 unspecified atom stereocenters. The number of carbonyl (C=O) groups is 1. The Kier molecular flexibility index (Phi) is 4.44. The Balaban J connectivity index is 1.86. The van der Waals surface area contributed by atoms with Gasteiger partial charge in [0, 0.05) is 23.7 Å². The van der Waals surface area contributed by atoms with Crippen LogP contribution in [0.3, 0.4) is 0 Å². The van der Waals surface area contributed by atoms with Crippen molar-refractivity contribution in [3.63, 3.8) is 0 Å². The van der Waals surface area contributed by atoms with Crippen LogP contribution in [-0.4, -0.2) is 47.9 Å². The van der Waals surface area contributed by atoms with Crippen LogP contribution in [-0.2, 0) is 21.2 Å². The highest BCUT2D eigenvalue weighted by Gasteiger charge is 2.34. The maximum absolute atomic E-state index is 12.6. The zero-order valence-electron chi connectivity index (χ0n) is 13.1. The van der Waals surface area contributed by atoms with Crippen LogP contribution < -0.4 is 5.76 Å². The Morgan fingerprint density at radius 3 is 2.83 bits per heavy atom. The number of fused-ring (bicyclic) bond motifs is 1. The second kappa shape index (κ2) is 6.25. The summed E-state index contributed by atoms with van der Waals surface area (Å²) in [6, 6.07) is 4.41. The average molecular weight is 373 g/mol. The van der Waals surface area contributed by atoms with E-state index in [1.807, 2.05) is 0 Å². The second-order valence-electron chi connectivity index (χ2n) is 5.80. The summed E-state index contributed by atoms with van der Waals surface area (Å²) in [4.78, 5) is 26.1. The normalized spacial score (nSPS) is 19.7. The fourth-order valence-electron chi connectivity index (χ4n) is 3.08. The molecule has 1 aromatic heterocycles. The van der Waals surface area contributed by atoms with Crippen LogP contribution >= 0.6 is 11.6 Å². The number of amides is 1. The van der Waals surface area contributed by atoms with Gasteiger partial charge in [-0.05, 0) is 25.5 Å². The molecule has 2 aromatic rings. The maximum atomic E-state index is 12.6. The van der Waals surface area contributed by atoms with E-state index in [0.717, 1.165) is 0 Å². The smallest absolute Gasteiger partial charge is 0.408 e. The summed E-state index contributed by atoms with van der Waals surface area (Å²) in [5, 5.41) is 0.432. The first-order chi connectivity index (χ1) is 11.3. The highest BCUT2D eigenvalue weighted by atomic mass is 35.5. The molecule has 0 aliphatic carbocycles. The number of nitrogens with zero attached hydrogens (tertiary/aromatic N) is 2. The molecule has 0 saturated carbocycles. The number of rotatable bonds is 4. The van der Waals surface area contributed by atoms with E-state index >= 15 is 0 Å². The summed E-state index contributed by atoms with van der Waals surface area (Å²) in [7, 11) is -3.09. The summed E-state index contributed by atoms with van der Waals surface area (Å²) < 4.78 is 29.6. The number of benzene rings is 1. The molecule has 1 atom stereocenters. The molecular formula is C15H17ClN2O5S. The minimum atomic E-state index is -3.09. The molecule has 0 bridgehead atoms. The fraction of sp³-hybridized carbons (Fsp3) is 0.467. The van der Waals surface area contributed by atoms with E-state index in [1.54, 1.807) is 19.1 Å². The monoisotopic (exact) mass is 372 g/mol. The van der Waals surface area contributed by atoms with Crippen molar-refractivity contribution in [3.8, 4) is 0 Å². The third kappa shape index (κ3) is 3.21. The number of sulfone groups is 1. The molecule has 3 rings (SSSR count). The zero-order chi connectivity index (χ0) is 17.5. The van der Waals surface area contributed by atoms with E-state index in [-0.39, 0.29) is 30.0 Å². The Bertz CT molecular complexity index is 946. The van der Waals surface area contributed by atoms with Crippen molar-refractivity contribution in [2.45, 2.75) is 25.9 Å². The van der Waals surface area contributed by atoms with Gasteiger partial charge in [0.2, 0.25) is 5.91 Å². The predicted molar refractivity (Wildman–Crippen MR) is 89.9 cm³/mol. The first kappa shape index (κ1) is 17.0. The van der Waals surface area contributed by atoms with Crippen molar-refractivity contribution in [1.82, 2.24) is 9.47 Å². The summed E-state index contributed by atoms with van der Waals surface area (Å²) in [6.45, 7) is 1.98. The number of oxazole rings is 1. The lowest BCUT2D eigenvalue weighted by atomic mass is 10.2. The molecule has 1 saturated heterocycles. The van der Waals surface area contributed by atoms with Crippen LogP contribution in [0.15, 0.2) is 27.4 Å². The van der Waals surface area contributed by atoms with Crippen LogP contribution in [0.1, 0.15) is 13.3 Å². The molecule has 0 radical (unpaired) electrons. The SMILES string of the molecule is CCN(C(=O)Cn1c(=O)oc2cc(Cl)ccc21)[C@H]1CCS(=O)(=O)C1. The van der Waals surface area contributed by atoms with Crippen molar-refractivity contribution < 1.29 is 17.6 Å². The Labute approximate surface area is 143 Å². The van der Waals surface area contributed by atoms with Crippen LogP contribution in [0, 0.1) is 0 Å². The lowest BCUT2D eigenvalue weighted by molar-refractivity contribution is -0.133. The number of likely N-dealkylation sites (N-methyl/N-ethyl adjacent to an activating group) is 1. The average Bonchev–Trinajstić information content (AvgIpc) is 3.00. The van der Waals surface area contributed by atoms with Gasteiger partial charge in [0.25, 0.3) is 0 Å². The lowest BCUT2D eigenvalue weighted by Crippen LogP contribution is -2.43. The molecule has 7 nitrogen and oxygen atoms in total. The molecule has 1 aromatic carbocycles. The quantitative estimate of drug-likeness (QED) is 0.806. The van der Waals surface area contributed by atoms with Gasteiger partial charge in [-0.2, -0.15) is 0 Å². The number of aromatic nitrogens is 1. The number of hydrogen-bond acceptors (Lipinski definition) is 5. The lowest BCUT2D eigenvalue weighted by Gasteiger charge is -2.26. The molecule has 1 amide bonds. The summed E-state index contributed by atoms with van der Waals surface area (Å²) >= 11 is 5.87. The Morgan fingerprint density at radius 1 is 1.46 bits per heavy atom. The molecule has 0 spiro atoms. The van der Waals surface area contributed by atoms with Crippen molar-refractivity contribution in [1.29, 1.82) is 0 Å². The zero-order valence-corrected chi connectivity index (χ0v) is 14.6. The van der Waals surface area contributed by atoms with E-state index in [2.05, 4.69) is 0 Å². The Morgan fingerprint density at radius 2 is 2.21 bits per heavy atom. The van der Waals surface area contributed by atoms with Crippen molar-refractivity contribution in [2.75, 3.05) is 18.1 Å². The molecule has 1 fully saturated rings. The number of hydrogen-bond donors (Lipinski definition) is 0. The second-order valence-corrected chi connectivity index (χ2v) is 8.47. The maximum Gasteiger partial charge on any atom is 0.420 e.